The monoisotopic (exact) mass is 306 g/mol. The minimum Gasteiger partial charge on any atom is -0.496 e. The fourth-order valence-corrected chi connectivity index (χ4v) is 4.30. The van der Waals surface area contributed by atoms with Crippen molar-refractivity contribution in [2.75, 3.05) is 7.11 Å². The molecule has 1 atom stereocenters. The maximum Gasteiger partial charge on any atom is 0.163 e. The minimum absolute atomic E-state index is 0.289. The maximum absolute atomic E-state index is 12.5. The number of fused-ring (bicyclic) bond motifs is 2. The molecule has 0 fully saturated rings. The Kier molecular flexibility index (Phi) is 3.68. The fraction of sp³-hybridized carbons (Fsp3) is 0.381. The first-order valence-corrected chi connectivity index (χ1v) is 8.57. The third kappa shape index (κ3) is 2.46. The summed E-state index contributed by atoms with van der Waals surface area (Å²) in [5.74, 6) is 1.62. The van der Waals surface area contributed by atoms with Crippen molar-refractivity contribution in [1.82, 2.24) is 0 Å². The Balaban J connectivity index is 1.76. The van der Waals surface area contributed by atoms with Gasteiger partial charge in [0.2, 0.25) is 0 Å². The van der Waals surface area contributed by atoms with Gasteiger partial charge in [-0.2, -0.15) is 0 Å². The summed E-state index contributed by atoms with van der Waals surface area (Å²) in [5.41, 5.74) is 6.33. The number of hydrogen-bond donors (Lipinski definition) is 0. The third-order valence-corrected chi connectivity index (χ3v) is 5.40. The van der Waals surface area contributed by atoms with Crippen LogP contribution in [0.25, 0.3) is 0 Å². The largest absolute Gasteiger partial charge is 0.496 e. The number of Topliss-reactive ketones (excluding diaryl/α,β-unsaturated/α-hetero) is 1. The summed E-state index contributed by atoms with van der Waals surface area (Å²) >= 11 is 0. The van der Waals surface area contributed by atoms with Gasteiger partial charge in [0.1, 0.15) is 5.75 Å². The standard InChI is InChI=1S/C21H22O2/c1-23-21-11-10-16(18-8-4-5-9-19(18)21)15-12-14-6-2-3-7-17(14)20(22)13-15/h2-3,6-7,10-11,15H,4-5,8-9,12-13H2,1H3. The lowest BCUT2D eigenvalue weighted by molar-refractivity contribution is 0.0964. The van der Waals surface area contributed by atoms with Gasteiger partial charge in [0.25, 0.3) is 0 Å². The fourth-order valence-electron chi connectivity index (χ4n) is 4.30. The van der Waals surface area contributed by atoms with Crippen LogP contribution in [0.15, 0.2) is 36.4 Å². The smallest absolute Gasteiger partial charge is 0.163 e. The van der Waals surface area contributed by atoms with E-state index in [0.29, 0.717) is 12.3 Å². The maximum atomic E-state index is 12.5. The van der Waals surface area contributed by atoms with Crippen molar-refractivity contribution in [1.29, 1.82) is 0 Å². The number of benzene rings is 2. The molecule has 118 valence electrons. The average molecular weight is 306 g/mol. The van der Waals surface area contributed by atoms with E-state index in [1.54, 1.807) is 7.11 Å². The second-order valence-corrected chi connectivity index (χ2v) is 6.71. The van der Waals surface area contributed by atoms with E-state index in [1.165, 1.54) is 35.1 Å². The summed E-state index contributed by atoms with van der Waals surface area (Å²) in [7, 11) is 1.75. The average Bonchev–Trinajstić information content (AvgIpc) is 2.60. The molecule has 2 nitrogen and oxygen atoms in total. The SMILES string of the molecule is COc1ccc(C2CC(=O)c3ccccc3C2)c2c1CCCC2. The number of methoxy groups -OCH3 is 1. The van der Waals surface area contributed by atoms with Crippen LogP contribution in [0.2, 0.25) is 0 Å². The van der Waals surface area contributed by atoms with E-state index in [1.807, 2.05) is 18.2 Å². The zero-order valence-electron chi connectivity index (χ0n) is 13.6. The van der Waals surface area contributed by atoms with E-state index >= 15 is 0 Å². The van der Waals surface area contributed by atoms with Crippen LogP contribution in [0.4, 0.5) is 0 Å². The number of carbonyl (C=O) groups is 1. The first-order chi connectivity index (χ1) is 11.3. The summed E-state index contributed by atoms with van der Waals surface area (Å²) in [6.07, 6.45) is 6.30. The molecule has 0 N–H and O–H groups in total. The summed E-state index contributed by atoms with van der Waals surface area (Å²) in [4.78, 5) is 12.5. The predicted molar refractivity (Wildman–Crippen MR) is 91.5 cm³/mol. The molecule has 2 aliphatic carbocycles. The van der Waals surface area contributed by atoms with Gasteiger partial charge in [0.15, 0.2) is 5.78 Å². The summed E-state index contributed by atoms with van der Waals surface area (Å²) in [5, 5.41) is 0. The highest BCUT2D eigenvalue weighted by Gasteiger charge is 2.29. The number of hydrogen-bond acceptors (Lipinski definition) is 2. The van der Waals surface area contributed by atoms with Crippen LogP contribution in [0.1, 0.15) is 57.8 Å². The third-order valence-electron chi connectivity index (χ3n) is 5.40. The first kappa shape index (κ1) is 14.5. The lowest BCUT2D eigenvalue weighted by atomic mass is 9.75. The van der Waals surface area contributed by atoms with Crippen LogP contribution >= 0.6 is 0 Å². The quantitative estimate of drug-likeness (QED) is 0.817. The Morgan fingerprint density at radius 2 is 1.74 bits per heavy atom. The molecule has 0 amide bonds. The van der Waals surface area contributed by atoms with Gasteiger partial charge in [0.05, 0.1) is 7.11 Å². The highest BCUT2D eigenvalue weighted by Crippen LogP contribution is 2.40. The summed E-state index contributed by atoms with van der Waals surface area (Å²) in [6.45, 7) is 0. The molecule has 0 aromatic heterocycles. The van der Waals surface area contributed by atoms with Crippen molar-refractivity contribution in [3.63, 3.8) is 0 Å². The number of carbonyl (C=O) groups excluding carboxylic acids is 1. The minimum atomic E-state index is 0.289. The molecule has 0 aliphatic heterocycles. The molecule has 2 aromatic rings. The van der Waals surface area contributed by atoms with Crippen LogP contribution < -0.4 is 4.74 Å². The van der Waals surface area contributed by atoms with Crippen LogP contribution in [-0.2, 0) is 19.3 Å². The topological polar surface area (TPSA) is 26.3 Å². The Bertz CT molecular complexity index is 760. The van der Waals surface area contributed by atoms with Crippen molar-refractivity contribution in [3.8, 4) is 5.75 Å². The zero-order chi connectivity index (χ0) is 15.8. The molecule has 2 aliphatic rings. The second-order valence-electron chi connectivity index (χ2n) is 6.71. The van der Waals surface area contributed by atoms with E-state index < -0.39 is 0 Å². The van der Waals surface area contributed by atoms with Gasteiger partial charge in [-0.05, 0) is 66.3 Å². The molecule has 1 unspecified atom stereocenters. The molecule has 0 spiro atoms. The first-order valence-electron chi connectivity index (χ1n) is 8.57. The van der Waals surface area contributed by atoms with Crippen LogP contribution in [0.5, 0.6) is 5.75 Å². The molecule has 0 heterocycles. The molecular formula is C21H22O2. The zero-order valence-corrected chi connectivity index (χ0v) is 13.6. The van der Waals surface area contributed by atoms with Crippen molar-refractivity contribution in [3.05, 3.63) is 64.2 Å². The highest BCUT2D eigenvalue weighted by molar-refractivity contribution is 5.99. The van der Waals surface area contributed by atoms with Crippen molar-refractivity contribution in [2.45, 2.75) is 44.4 Å². The predicted octanol–water partition coefficient (Wildman–Crippen LogP) is 4.49. The summed E-state index contributed by atoms with van der Waals surface area (Å²) < 4.78 is 5.57. The van der Waals surface area contributed by atoms with Crippen LogP contribution in [0.3, 0.4) is 0 Å². The van der Waals surface area contributed by atoms with E-state index in [9.17, 15) is 4.79 Å². The lowest BCUT2D eigenvalue weighted by Gasteiger charge is -2.29. The molecule has 2 aromatic carbocycles. The number of ether oxygens (including phenoxy) is 1. The molecule has 23 heavy (non-hydrogen) atoms. The Labute approximate surface area is 137 Å². The molecular weight excluding hydrogens is 284 g/mol. The van der Waals surface area contributed by atoms with Crippen LogP contribution in [0, 0.1) is 0 Å². The molecule has 4 rings (SSSR count). The van der Waals surface area contributed by atoms with E-state index in [-0.39, 0.29) is 5.78 Å². The van der Waals surface area contributed by atoms with Gasteiger partial charge < -0.3 is 4.74 Å². The van der Waals surface area contributed by atoms with Gasteiger partial charge >= 0.3 is 0 Å². The van der Waals surface area contributed by atoms with Crippen molar-refractivity contribution >= 4 is 5.78 Å². The Hall–Kier alpha value is -2.09. The summed E-state index contributed by atoms with van der Waals surface area (Å²) in [6, 6.07) is 12.4. The lowest BCUT2D eigenvalue weighted by Crippen LogP contribution is -2.21. The normalized spacial score (nSPS) is 19.9. The van der Waals surface area contributed by atoms with Gasteiger partial charge in [-0.25, -0.2) is 0 Å². The second kappa shape index (κ2) is 5.84. The molecule has 0 radical (unpaired) electrons. The number of ketones is 1. The van der Waals surface area contributed by atoms with Crippen molar-refractivity contribution in [2.24, 2.45) is 0 Å². The van der Waals surface area contributed by atoms with E-state index in [2.05, 4.69) is 18.2 Å². The van der Waals surface area contributed by atoms with Crippen LogP contribution in [-0.4, -0.2) is 12.9 Å². The van der Waals surface area contributed by atoms with Gasteiger partial charge in [-0.3, -0.25) is 4.79 Å². The molecule has 0 bridgehead atoms. The molecule has 2 heteroatoms. The Morgan fingerprint density at radius 3 is 2.57 bits per heavy atom. The van der Waals surface area contributed by atoms with Gasteiger partial charge in [-0.15, -0.1) is 0 Å². The van der Waals surface area contributed by atoms with Gasteiger partial charge in [-0.1, -0.05) is 30.3 Å². The molecule has 0 saturated heterocycles. The highest BCUT2D eigenvalue weighted by atomic mass is 16.5. The van der Waals surface area contributed by atoms with Crippen molar-refractivity contribution < 1.29 is 9.53 Å². The van der Waals surface area contributed by atoms with E-state index in [4.69, 9.17) is 4.74 Å². The molecule has 0 saturated carbocycles. The number of rotatable bonds is 2. The Morgan fingerprint density at radius 1 is 0.957 bits per heavy atom. The van der Waals surface area contributed by atoms with Gasteiger partial charge in [0, 0.05) is 12.0 Å². The van der Waals surface area contributed by atoms with E-state index in [0.717, 1.165) is 30.6 Å².